The maximum atomic E-state index is 12.0. The van der Waals surface area contributed by atoms with Crippen LogP contribution in [0.3, 0.4) is 0 Å². The van der Waals surface area contributed by atoms with E-state index in [1.165, 1.54) is 0 Å². The van der Waals surface area contributed by atoms with Gasteiger partial charge in [-0.1, -0.05) is 6.92 Å². The fourth-order valence-corrected chi connectivity index (χ4v) is 3.02. The number of hydrogen-bond acceptors (Lipinski definition) is 3. The Kier molecular flexibility index (Phi) is 5.37. The summed E-state index contributed by atoms with van der Waals surface area (Å²) in [7, 11) is -1.53. The van der Waals surface area contributed by atoms with Gasteiger partial charge in [-0.3, -0.25) is 0 Å². The van der Waals surface area contributed by atoms with Crippen LogP contribution in [0.1, 0.15) is 32.9 Å². The second-order valence-electron chi connectivity index (χ2n) is 4.73. The van der Waals surface area contributed by atoms with Crippen LogP contribution in [0.5, 0.6) is 0 Å². The average Bonchev–Trinajstić information content (AvgIpc) is 2.60. The van der Waals surface area contributed by atoms with Gasteiger partial charge < -0.3 is 9.88 Å². The summed E-state index contributed by atoms with van der Waals surface area (Å²) < 4.78 is 28.4. The van der Waals surface area contributed by atoms with Crippen molar-refractivity contribution in [3.63, 3.8) is 0 Å². The van der Waals surface area contributed by atoms with Gasteiger partial charge in [0.1, 0.15) is 0 Å². The van der Waals surface area contributed by atoms with Crippen LogP contribution in [0.25, 0.3) is 0 Å². The van der Waals surface area contributed by atoms with E-state index in [1.54, 1.807) is 12.3 Å². The highest BCUT2D eigenvalue weighted by Crippen LogP contribution is 2.13. The Labute approximate surface area is 110 Å². The van der Waals surface area contributed by atoms with Crippen molar-refractivity contribution in [2.75, 3.05) is 6.54 Å². The van der Waals surface area contributed by atoms with Crippen molar-refractivity contribution in [3.8, 4) is 0 Å². The SMILES string of the molecule is CCCNCc1cc(S(=O)(=O)NC(C)C)cn1C. The highest BCUT2D eigenvalue weighted by Gasteiger charge is 2.18. The van der Waals surface area contributed by atoms with Crippen molar-refractivity contribution < 1.29 is 8.42 Å². The molecule has 6 heteroatoms. The molecule has 0 aliphatic rings. The molecule has 104 valence electrons. The molecule has 1 aromatic rings. The predicted molar refractivity (Wildman–Crippen MR) is 72.9 cm³/mol. The number of hydrogen-bond donors (Lipinski definition) is 2. The first kappa shape index (κ1) is 15.2. The Balaban J connectivity index is 2.83. The standard InChI is InChI=1S/C12H23N3O2S/c1-5-6-13-8-11-7-12(9-15(11)4)18(16,17)14-10(2)3/h7,9-10,13-14H,5-6,8H2,1-4H3. The van der Waals surface area contributed by atoms with Gasteiger partial charge in [-0.15, -0.1) is 0 Å². The number of nitrogens with zero attached hydrogens (tertiary/aromatic N) is 1. The zero-order valence-electron chi connectivity index (χ0n) is 11.5. The summed E-state index contributed by atoms with van der Waals surface area (Å²) in [5, 5.41) is 3.26. The van der Waals surface area contributed by atoms with Crippen molar-refractivity contribution in [2.24, 2.45) is 7.05 Å². The topological polar surface area (TPSA) is 63.1 Å². The fourth-order valence-electron chi connectivity index (χ4n) is 1.67. The first-order chi connectivity index (χ1) is 8.36. The predicted octanol–water partition coefficient (Wildman–Crippen LogP) is 1.21. The summed E-state index contributed by atoms with van der Waals surface area (Å²) in [5.74, 6) is 0. The molecule has 1 rings (SSSR count). The molecule has 0 amide bonds. The van der Waals surface area contributed by atoms with Gasteiger partial charge in [-0.25, -0.2) is 13.1 Å². The Morgan fingerprint density at radius 3 is 2.61 bits per heavy atom. The van der Waals surface area contributed by atoms with E-state index in [0.717, 1.165) is 18.7 Å². The summed E-state index contributed by atoms with van der Waals surface area (Å²) in [6.45, 7) is 7.33. The largest absolute Gasteiger partial charge is 0.352 e. The van der Waals surface area contributed by atoms with Crippen molar-refractivity contribution in [1.82, 2.24) is 14.6 Å². The van der Waals surface area contributed by atoms with Gasteiger partial charge in [-0.05, 0) is 32.9 Å². The lowest BCUT2D eigenvalue weighted by molar-refractivity contribution is 0.569. The first-order valence-corrected chi connectivity index (χ1v) is 7.73. The van der Waals surface area contributed by atoms with E-state index in [-0.39, 0.29) is 6.04 Å². The number of rotatable bonds is 7. The van der Waals surface area contributed by atoms with E-state index in [4.69, 9.17) is 0 Å². The normalized spacial score (nSPS) is 12.3. The molecule has 0 saturated heterocycles. The van der Waals surface area contributed by atoms with Gasteiger partial charge in [0.25, 0.3) is 0 Å². The average molecular weight is 273 g/mol. The van der Waals surface area contributed by atoms with E-state index < -0.39 is 10.0 Å². The molecule has 0 aliphatic carbocycles. The van der Waals surface area contributed by atoms with Gasteiger partial charge in [0.2, 0.25) is 10.0 Å². The Bertz CT molecular complexity index is 478. The third-order valence-corrected chi connectivity index (χ3v) is 4.14. The van der Waals surface area contributed by atoms with Gasteiger partial charge in [0.05, 0.1) is 4.90 Å². The molecule has 0 atom stereocenters. The molecule has 0 saturated carbocycles. The van der Waals surface area contributed by atoms with Crippen LogP contribution >= 0.6 is 0 Å². The molecule has 0 unspecified atom stereocenters. The monoisotopic (exact) mass is 273 g/mol. The lowest BCUT2D eigenvalue weighted by atomic mass is 10.4. The van der Waals surface area contributed by atoms with Gasteiger partial charge in [0, 0.05) is 31.5 Å². The second-order valence-corrected chi connectivity index (χ2v) is 6.44. The highest BCUT2D eigenvalue weighted by atomic mass is 32.2. The molecule has 0 bridgehead atoms. The molecule has 0 aliphatic heterocycles. The number of aromatic nitrogens is 1. The molecule has 0 spiro atoms. The van der Waals surface area contributed by atoms with Crippen LogP contribution < -0.4 is 10.0 Å². The number of aryl methyl sites for hydroxylation is 1. The Hall–Kier alpha value is -0.850. The first-order valence-electron chi connectivity index (χ1n) is 6.25. The van der Waals surface area contributed by atoms with Gasteiger partial charge in [0.15, 0.2) is 0 Å². The van der Waals surface area contributed by atoms with E-state index in [2.05, 4.69) is 17.0 Å². The zero-order valence-corrected chi connectivity index (χ0v) is 12.3. The molecule has 1 heterocycles. The minimum Gasteiger partial charge on any atom is -0.352 e. The van der Waals surface area contributed by atoms with Crippen LogP contribution in [0.4, 0.5) is 0 Å². The van der Waals surface area contributed by atoms with Gasteiger partial charge >= 0.3 is 0 Å². The van der Waals surface area contributed by atoms with E-state index >= 15 is 0 Å². The van der Waals surface area contributed by atoms with E-state index in [1.807, 2.05) is 25.5 Å². The number of sulfonamides is 1. The van der Waals surface area contributed by atoms with Crippen LogP contribution in [0.2, 0.25) is 0 Å². The molecule has 5 nitrogen and oxygen atoms in total. The molecule has 0 fully saturated rings. The lowest BCUT2D eigenvalue weighted by Crippen LogP contribution is -2.29. The highest BCUT2D eigenvalue weighted by molar-refractivity contribution is 7.89. The van der Waals surface area contributed by atoms with Gasteiger partial charge in [-0.2, -0.15) is 0 Å². The molecular formula is C12H23N3O2S. The maximum absolute atomic E-state index is 12.0. The minimum absolute atomic E-state index is 0.100. The summed E-state index contributed by atoms with van der Waals surface area (Å²) in [6.07, 6.45) is 2.71. The zero-order chi connectivity index (χ0) is 13.8. The lowest BCUT2D eigenvalue weighted by Gasteiger charge is -2.07. The molecular weight excluding hydrogens is 250 g/mol. The number of nitrogens with one attached hydrogen (secondary N) is 2. The quantitative estimate of drug-likeness (QED) is 0.734. The molecule has 1 aromatic heterocycles. The van der Waals surface area contributed by atoms with E-state index in [0.29, 0.717) is 11.4 Å². The third kappa shape index (κ3) is 4.12. The fraction of sp³-hybridized carbons (Fsp3) is 0.667. The molecule has 0 aromatic carbocycles. The minimum atomic E-state index is -3.39. The summed E-state index contributed by atoms with van der Waals surface area (Å²) in [4.78, 5) is 0.326. The van der Waals surface area contributed by atoms with Crippen LogP contribution in [0.15, 0.2) is 17.2 Å². The second kappa shape index (κ2) is 6.36. The smallest absolute Gasteiger partial charge is 0.242 e. The van der Waals surface area contributed by atoms with Crippen molar-refractivity contribution in [3.05, 3.63) is 18.0 Å². The maximum Gasteiger partial charge on any atom is 0.242 e. The molecule has 18 heavy (non-hydrogen) atoms. The van der Waals surface area contributed by atoms with Crippen molar-refractivity contribution in [2.45, 2.75) is 44.7 Å². The van der Waals surface area contributed by atoms with Crippen LogP contribution in [-0.4, -0.2) is 25.6 Å². The van der Waals surface area contributed by atoms with Crippen molar-refractivity contribution in [1.29, 1.82) is 0 Å². The Morgan fingerprint density at radius 1 is 1.39 bits per heavy atom. The van der Waals surface area contributed by atoms with Crippen LogP contribution in [-0.2, 0) is 23.6 Å². The summed E-state index contributed by atoms with van der Waals surface area (Å²) in [5.41, 5.74) is 0.965. The van der Waals surface area contributed by atoms with Crippen molar-refractivity contribution >= 4 is 10.0 Å². The third-order valence-electron chi connectivity index (χ3n) is 2.52. The summed E-state index contributed by atoms with van der Waals surface area (Å²) in [6, 6.07) is 1.62. The summed E-state index contributed by atoms with van der Waals surface area (Å²) >= 11 is 0. The molecule has 0 radical (unpaired) electrons. The Morgan fingerprint density at radius 2 is 2.06 bits per heavy atom. The molecule has 2 N–H and O–H groups in total. The van der Waals surface area contributed by atoms with E-state index in [9.17, 15) is 8.42 Å². The van der Waals surface area contributed by atoms with Crippen LogP contribution in [0, 0.1) is 0 Å².